The smallest absolute Gasteiger partial charge is 0.255 e. The second-order valence-corrected chi connectivity index (χ2v) is 9.48. The normalized spacial score (nSPS) is 12.4. The van der Waals surface area contributed by atoms with Crippen molar-refractivity contribution in [3.63, 3.8) is 0 Å². The summed E-state index contributed by atoms with van der Waals surface area (Å²) in [6.07, 6.45) is 0. The zero-order chi connectivity index (χ0) is 21.0. The van der Waals surface area contributed by atoms with E-state index in [1.807, 2.05) is 0 Å². The molecule has 5 nitrogen and oxygen atoms in total. The molecular weight excluding hydrogens is 413 g/mol. The number of hydrogen-bond donors (Lipinski definition) is 1. The summed E-state index contributed by atoms with van der Waals surface area (Å²) in [6.45, 7) is 1.38. The molecule has 8 heteroatoms. The average molecular weight is 434 g/mol. The number of nitrogens with one attached hydrogen (secondary N) is 1. The Morgan fingerprint density at radius 2 is 1.93 bits per heavy atom. The number of carbonyl (C=O) groups is 1. The Morgan fingerprint density at radius 3 is 2.59 bits per heavy atom. The highest BCUT2D eigenvalue weighted by Crippen LogP contribution is 2.32. The molecule has 29 heavy (non-hydrogen) atoms. The summed E-state index contributed by atoms with van der Waals surface area (Å²) < 4.78 is 45.4. The van der Waals surface area contributed by atoms with E-state index in [4.69, 9.17) is 4.74 Å². The number of para-hydroxylation sites is 1. The van der Waals surface area contributed by atoms with Gasteiger partial charge in [-0.2, -0.15) is 0 Å². The van der Waals surface area contributed by atoms with E-state index < -0.39 is 26.8 Å². The number of ether oxygens (including phenoxy) is 1. The number of carbonyl (C=O) groups excluding carboxylic acids is 1. The fourth-order valence-electron chi connectivity index (χ4n) is 2.91. The number of hydrogen-bond acceptors (Lipinski definition) is 5. The van der Waals surface area contributed by atoms with Gasteiger partial charge >= 0.3 is 0 Å². The van der Waals surface area contributed by atoms with Crippen LogP contribution in [0.15, 0.2) is 64.9 Å². The lowest BCUT2D eigenvalue weighted by molar-refractivity contribution is 0.0950. The summed E-state index contributed by atoms with van der Waals surface area (Å²) in [6, 6.07) is 13.9. The van der Waals surface area contributed by atoms with Crippen LogP contribution in [0.3, 0.4) is 0 Å². The fraction of sp³-hybridized carbons (Fsp3) is 0.190. The van der Waals surface area contributed by atoms with Gasteiger partial charge in [-0.15, -0.1) is 11.3 Å². The van der Waals surface area contributed by atoms with Crippen molar-refractivity contribution in [2.24, 2.45) is 0 Å². The molecule has 1 atom stereocenters. The molecule has 0 radical (unpaired) electrons. The van der Waals surface area contributed by atoms with E-state index in [-0.39, 0.29) is 17.0 Å². The summed E-state index contributed by atoms with van der Waals surface area (Å²) >= 11 is 1.29. The molecule has 0 aliphatic carbocycles. The summed E-state index contributed by atoms with van der Waals surface area (Å²) in [5.41, 5.74) is 0.559. The van der Waals surface area contributed by atoms with Crippen molar-refractivity contribution in [2.45, 2.75) is 17.1 Å². The highest BCUT2D eigenvalue weighted by atomic mass is 32.2. The molecule has 2 aromatic carbocycles. The third-order valence-electron chi connectivity index (χ3n) is 4.49. The van der Waals surface area contributed by atoms with Crippen LogP contribution in [0, 0.1) is 12.7 Å². The van der Waals surface area contributed by atoms with E-state index in [2.05, 4.69) is 5.32 Å². The quantitative estimate of drug-likeness (QED) is 0.568. The fourth-order valence-corrected chi connectivity index (χ4v) is 5.78. The van der Waals surface area contributed by atoms with Crippen LogP contribution >= 0.6 is 11.3 Å². The van der Waals surface area contributed by atoms with E-state index >= 15 is 0 Å². The predicted molar refractivity (Wildman–Crippen MR) is 111 cm³/mol. The number of methoxy groups -OCH3 is 1. The molecule has 3 rings (SSSR count). The van der Waals surface area contributed by atoms with Gasteiger partial charge in [-0.1, -0.05) is 18.2 Å². The highest BCUT2D eigenvalue weighted by molar-refractivity contribution is 7.91. The van der Waals surface area contributed by atoms with Crippen LogP contribution in [0.25, 0.3) is 0 Å². The zero-order valence-corrected chi connectivity index (χ0v) is 17.5. The predicted octanol–water partition coefficient (Wildman–Crippen LogP) is 4.15. The monoisotopic (exact) mass is 433 g/mol. The first-order valence-electron chi connectivity index (χ1n) is 8.79. The third-order valence-corrected chi connectivity index (χ3v) is 7.71. The molecular formula is C21H20FNO4S2. The van der Waals surface area contributed by atoms with Gasteiger partial charge in [-0.05, 0) is 54.3 Å². The molecule has 0 aliphatic rings. The molecule has 0 saturated heterocycles. The number of amides is 1. The number of halogens is 1. The van der Waals surface area contributed by atoms with Gasteiger partial charge < -0.3 is 10.1 Å². The van der Waals surface area contributed by atoms with E-state index in [0.29, 0.717) is 16.2 Å². The summed E-state index contributed by atoms with van der Waals surface area (Å²) in [4.78, 5) is 13.2. The lowest BCUT2D eigenvalue weighted by Gasteiger charge is -2.18. The van der Waals surface area contributed by atoms with Crippen LogP contribution in [0.1, 0.15) is 26.0 Å². The molecule has 152 valence electrons. The topological polar surface area (TPSA) is 72.5 Å². The van der Waals surface area contributed by atoms with Gasteiger partial charge in [0.2, 0.25) is 0 Å². The van der Waals surface area contributed by atoms with Gasteiger partial charge in [0.25, 0.3) is 5.91 Å². The maximum Gasteiger partial charge on any atom is 0.255 e. The maximum atomic E-state index is 13.6. The van der Waals surface area contributed by atoms with Gasteiger partial charge in [0.1, 0.15) is 16.8 Å². The molecule has 0 bridgehead atoms. The number of aryl methyl sites for hydroxylation is 1. The first kappa shape index (κ1) is 21.0. The second-order valence-electron chi connectivity index (χ2n) is 6.37. The van der Waals surface area contributed by atoms with Crippen LogP contribution in [0.2, 0.25) is 0 Å². The first-order valence-corrected chi connectivity index (χ1v) is 11.2. The van der Waals surface area contributed by atoms with Gasteiger partial charge in [-0.3, -0.25) is 4.79 Å². The van der Waals surface area contributed by atoms with Crippen molar-refractivity contribution in [2.75, 3.05) is 13.7 Å². The van der Waals surface area contributed by atoms with Crippen molar-refractivity contribution in [1.29, 1.82) is 0 Å². The molecule has 1 heterocycles. The molecule has 1 N–H and O–H groups in total. The van der Waals surface area contributed by atoms with Gasteiger partial charge in [-0.25, -0.2) is 12.8 Å². The Bertz CT molecular complexity index is 1110. The molecule has 1 aromatic heterocycles. The minimum absolute atomic E-state index is 0.0151. The Kier molecular flexibility index (Phi) is 6.34. The third kappa shape index (κ3) is 4.49. The van der Waals surface area contributed by atoms with Crippen LogP contribution < -0.4 is 10.1 Å². The van der Waals surface area contributed by atoms with Crippen molar-refractivity contribution in [1.82, 2.24) is 5.32 Å². The lowest BCUT2D eigenvalue weighted by atomic mass is 10.2. The SMILES string of the molecule is COc1ccccc1C(=O)NCC(c1cccs1)S(=O)(=O)c1ccc(F)c(C)c1. The lowest BCUT2D eigenvalue weighted by Crippen LogP contribution is -2.31. The Labute approximate surface area is 173 Å². The van der Waals surface area contributed by atoms with E-state index in [9.17, 15) is 17.6 Å². The minimum atomic E-state index is -3.86. The number of sulfone groups is 1. The number of rotatable bonds is 7. The summed E-state index contributed by atoms with van der Waals surface area (Å²) in [5, 5.41) is 3.48. The number of benzene rings is 2. The summed E-state index contributed by atoms with van der Waals surface area (Å²) in [7, 11) is -2.40. The second kappa shape index (κ2) is 8.75. The molecule has 1 unspecified atom stereocenters. The maximum absolute atomic E-state index is 13.6. The molecule has 0 fully saturated rings. The van der Waals surface area contributed by atoms with E-state index in [0.717, 1.165) is 6.07 Å². The van der Waals surface area contributed by atoms with Crippen molar-refractivity contribution >= 4 is 27.1 Å². The van der Waals surface area contributed by atoms with Crippen LogP contribution in [0.5, 0.6) is 5.75 Å². The Balaban J connectivity index is 1.90. The van der Waals surface area contributed by atoms with Crippen LogP contribution in [0.4, 0.5) is 4.39 Å². The molecule has 0 saturated carbocycles. The summed E-state index contributed by atoms with van der Waals surface area (Å²) in [5.74, 6) is -0.509. The van der Waals surface area contributed by atoms with Crippen LogP contribution in [-0.2, 0) is 9.84 Å². The highest BCUT2D eigenvalue weighted by Gasteiger charge is 2.31. The molecule has 0 aliphatic heterocycles. The van der Waals surface area contributed by atoms with Crippen molar-refractivity contribution in [3.05, 3.63) is 81.8 Å². The first-order chi connectivity index (χ1) is 13.8. The van der Waals surface area contributed by atoms with Gasteiger partial charge in [0, 0.05) is 11.4 Å². The Morgan fingerprint density at radius 1 is 1.17 bits per heavy atom. The largest absolute Gasteiger partial charge is 0.496 e. The minimum Gasteiger partial charge on any atom is -0.496 e. The van der Waals surface area contributed by atoms with E-state index in [1.165, 1.54) is 37.5 Å². The van der Waals surface area contributed by atoms with Crippen molar-refractivity contribution in [3.8, 4) is 5.75 Å². The van der Waals surface area contributed by atoms with E-state index in [1.54, 1.807) is 41.8 Å². The molecule has 0 spiro atoms. The Hall–Kier alpha value is -2.71. The van der Waals surface area contributed by atoms with Crippen LogP contribution in [-0.4, -0.2) is 28.0 Å². The van der Waals surface area contributed by atoms with Gasteiger partial charge in [0.05, 0.1) is 17.6 Å². The van der Waals surface area contributed by atoms with Crippen molar-refractivity contribution < 1.29 is 22.3 Å². The molecule has 1 amide bonds. The zero-order valence-electron chi connectivity index (χ0n) is 15.9. The van der Waals surface area contributed by atoms with Gasteiger partial charge in [0.15, 0.2) is 9.84 Å². The average Bonchev–Trinajstić information content (AvgIpc) is 3.24. The number of thiophene rings is 1. The standard InChI is InChI=1S/C21H20FNO4S2/c1-14-12-15(9-10-17(14)22)29(25,26)20(19-8-5-11-28-19)13-23-21(24)16-6-3-4-7-18(16)27-2/h3-12,20H,13H2,1-2H3,(H,23,24). The molecule has 3 aromatic rings.